The lowest BCUT2D eigenvalue weighted by Crippen LogP contribution is -2.11. The number of phenols is 1. The number of hydrogen-bond acceptors (Lipinski definition) is 7. The largest absolute Gasteiger partial charge is 0.507 e. The molecule has 27 heavy (non-hydrogen) atoms. The van der Waals surface area contributed by atoms with E-state index in [0.717, 1.165) is 4.88 Å². The number of carbonyl (C=O) groups is 1. The number of phenolic OH excluding ortho intramolecular Hbond substituents is 1. The summed E-state index contributed by atoms with van der Waals surface area (Å²) in [5.74, 6) is 0.441. The molecule has 1 aromatic carbocycles. The average Bonchev–Trinajstić information content (AvgIpc) is 3.17. The molecule has 3 N–H and O–H groups in total. The number of amides is 1. The predicted octanol–water partition coefficient (Wildman–Crippen LogP) is 3.53. The number of benzene rings is 1. The first-order valence-corrected chi connectivity index (χ1v) is 9.09. The summed E-state index contributed by atoms with van der Waals surface area (Å²) in [6.45, 7) is 6.05. The zero-order valence-corrected chi connectivity index (χ0v) is 16.3. The number of aromatic amines is 1. The fourth-order valence-corrected chi connectivity index (χ4v) is 3.61. The molecule has 2 aromatic heterocycles. The second kappa shape index (κ2) is 7.72. The Bertz CT molecular complexity index is 1070. The molecule has 140 valence electrons. The molecule has 0 fully saturated rings. The molecule has 0 radical (unpaired) electrons. The summed E-state index contributed by atoms with van der Waals surface area (Å²) in [4.78, 5) is 17.6. The Labute approximate surface area is 164 Å². The summed E-state index contributed by atoms with van der Waals surface area (Å²) >= 11 is 6.50. The van der Waals surface area contributed by atoms with Crippen LogP contribution in [0.1, 0.15) is 16.1 Å². The van der Waals surface area contributed by atoms with Gasteiger partial charge in [0, 0.05) is 12.6 Å². The number of carbonyl (C=O) groups excluding carboxylic acids is 1. The van der Waals surface area contributed by atoms with Crippen LogP contribution >= 0.6 is 23.6 Å². The van der Waals surface area contributed by atoms with Crippen molar-refractivity contribution in [2.75, 3.05) is 12.4 Å². The quantitative estimate of drug-likeness (QED) is 0.430. The van der Waals surface area contributed by atoms with Crippen LogP contribution in [0.3, 0.4) is 0 Å². The maximum Gasteiger partial charge on any atom is 0.261 e. The molecule has 0 aliphatic heterocycles. The highest BCUT2D eigenvalue weighted by Crippen LogP contribution is 2.32. The molecule has 0 unspecified atom stereocenters. The number of aryl methyl sites for hydroxylation is 1. The van der Waals surface area contributed by atoms with Gasteiger partial charge in [-0.15, -0.1) is 6.58 Å². The molecule has 0 saturated carbocycles. The van der Waals surface area contributed by atoms with Crippen molar-refractivity contribution in [2.45, 2.75) is 13.5 Å². The van der Waals surface area contributed by atoms with E-state index in [0.29, 0.717) is 33.7 Å². The Hall–Kier alpha value is -2.98. The van der Waals surface area contributed by atoms with Gasteiger partial charge in [0.1, 0.15) is 11.5 Å². The lowest BCUT2D eigenvalue weighted by molar-refractivity contribution is 0.102. The predicted molar refractivity (Wildman–Crippen MR) is 106 cm³/mol. The lowest BCUT2D eigenvalue weighted by atomic mass is 10.2. The maximum atomic E-state index is 12.5. The van der Waals surface area contributed by atoms with Crippen LogP contribution in [0.4, 0.5) is 5.13 Å². The molecule has 1 amide bonds. The number of anilines is 1. The fraction of sp³-hybridized carbons (Fsp3) is 0.176. The third-order valence-corrected chi connectivity index (χ3v) is 5.12. The molecule has 0 aliphatic rings. The lowest BCUT2D eigenvalue weighted by Gasteiger charge is -2.06. The molecule has 10 heteroatoms. The van der Waals surface area contributed by atoms with Crippen molar-refractivity contribution in [2.24, 2.45) is 0 Å². The molecule has 0 saturated heterocycles. The van der Waals surface area contributed by atoms with E-state index in [2.05, 4.69) is 27.1 Å². The van der Waals surface area contributed by atoms with Crippen LogP contribution in [0.15, 0.2) is 30.9 Å². The van der Waals surface area contributed by atoms with Gasteiger partial charge in [-0.05, 0) is 31.3 Å². The Balaban J connectivity index is 1.88. The number of aromatic nitrogens is 4. The van der Waals surface area contributed by atoms with Gasteiger partial charge >= 0.3 is 0 Å². The molecule has 3 aromatic rings. The van der Waals surface area contributed by atoms with Crippen LogP contribution in [0.25, 0.3) is 10.7 Å². The maximum absolute atomic E-state index is 12.5. The fourth-order valence-electron chi connectivity index (χ4n) is 2.44. The number of thiazole rings is 1. The first-order valence-electron chi connectivity index (χ1n) is 7.86. The molecule has 0 atom stereocenters. The molecular formula is C17H17N5O3S2. The number of hydrogen-bond donors (Lipinski definition) is 3. The van der Waals surface area contributed by atoms with Crippen molar-refractivity contribution in [1.82, 2.24) is 19.7 Å². The van der Waals surface area contributed by atoms with Gasteiger partial charge in [0.15, 0.2) is 15.7 Å². The van der Waals surface area contributed by atoms with Gasteiger partial charge in [0.25, 0.3) is 5.91 Å². The van der Waals surface area contributed by atoms with E-state index < -0.39 is 5.91 Å². The minimum atomic E-state index is -0.472. The van der Waals surface area contributed by atoms with Gasteiger partial charge in [-0.2, -0.15) is 5.10 Å². The average molecular weight is 403 g/mol. The van der Waals surface area contributed by atoms with E-state index in [-0.39, 0.29) is 11.3 Å². The monoisotopic (exact) mass is 403 g/mol. The Kier molecular flexibility index (Phi) is 5.38. The molecule has 0 spiro atoms. The number of nitrogens with zero attached hydrogens (tertiary/aromatic N) is 3. The topological polar surface area (TPSA) is 105 Å². The van der Waals surface area contributed by atoms with E-state index in [9.17, 15) is 9.90 Å². The van der Waals surface area contributed by atoms with Crippen molar-refractivity contribution in [3.63, 3.8) is 0 Å². The van der Waals surface area contributed by atoms with Crippen molar-refractivity contribution in [3.8, 4) is 22.2 Å². The first-order chi connectivity index (χ1) is 12.9. The number of allylic oxidation sites excluding steroid dienone is 1. The van der Waals surface area contributed by atoms with E-state index in [4.69, 9.17) is 17.0 Å². The second-order valence-corrected chi connectivity index (χ2v) is 6.91. The normalized spacial score (nSPS) is 10.6. The number of ether oxygens (including phenoxy) is 1. The van der Waals surface area contributed by atoms with Crippen molar-refractivity contribution in [1.29, 1.82) is 0 Å². The summed E-state index contributed by atoms with van der Waals surface area (Å²) in [6.07, 6.45) is 1.72. The summed E-state index contributed by atoms with van der Waals surface area (Å²) in [6, 6.07) is 4.46. The number of methoxy groups -OCH3 is 1. The van der Waals surface area contributed by atoms with Crippen LogP contribution in [0, 0.1) is 11.7 Å². The zero-order valence-electron chi connectivity index (χ0n) is 14.6. The SMILES string of the molecule is C=CCn1c(-c2sc(NC(=O)c3ccc(OC)cc3O)nc2C)n[nH]c1=S. The first kappa shape index (κ1) is 18.8. The van der Waals surface area contributed by atoms with Crippen LogP contribution in [-0.4, -0.2) is 37.9 Å². The smallest absolute Gasteiger partial charge is 0.261 e. The molecule has 8 nitrogen and oxygen atoms in total. The minimum Gasteiger partial charge on any atom is -0.507 e. The number of H-pyrrole nitrogens is 1. The van der Waals surface area contributed by atoms with Crippen LogP contribution in [0.2, 0.25) is 0 Å². The third kappa shape index (κ3) is 3.76. The molecule has 0 bridgehead atoms. The number of rotatable bonds is 6. The van der Waals surface area contributed by atoms with Gasteiger partial charge in [0.2, 0.25) is 0 Å². The summed E-state index contributed by atoms with van der Waals surface area (Å²) in [7, 11) is 1.48. The van der Waals surface area contributed by atoms with Gasteiger partial charge in [-0.25, -0.2) is 4.98 Å². The second-order valence-electron chi connectivity index (χ2n) is 5.52. The third-order valence-electron chi connectivity index (χ3n) is 3.74. The highest BCUT2D eigenvalue weighted by Gasteiger charge is 2.19. The van der Waals surface area contributed by atoms with Crippen LogP contribution in [0.5, 0.6) is 11.5 Å². The van der Waals surface area contributed by atoms with Crippen molar-refractivity contribution in [3.05, 3.63) is 46.9 Å². The van der Waals surface area contributed by atoms with E-state index in [1.807, 2.05) is 6.92 Å². The molecule has 2 heterocycles. The van der Waals surface area contributed by atoms with E-state index >= 15 is 0 Å². The van der Waals surface area contributed by atoms with Crippen molar-refractivity contribution < 1.29 is 14.6 Å². The zero-order chi connectivity index (χ0) is 19.6. The van der Waals surface area contributed by atoms with Gasteiger partial charge < -0.3 is 9.84 Å². The van der Waals surface area contributed by atoms with Crippen molar-refractivity contribution >= 4 is 34.6 Å². The number of aromatic hydroxyl groups is 1. The Morgan fingerprint density at radius 1 is 1.56 bits per heavy atom. The number of nitrogens with one attached hydrogen (secondary N) is 2. The van der Waals surface area contributed by atoms with E-state index in [1.54, 1.807) is 16.7 Å². The van der Waals surface area contributed by atoms with E-state index in [1.165, 1.54) is 30.6 Å². The van der Waals surface area contributed by atoms with Gasteiger partial charge in [-0.1, -0.05) is 17.4 Å². The standard InChI is InChI=1S/C17H17N5O3S2/c1-4-7-22-14(20-21-17(22)26)13-9(2)18-16(27-13)19-15(24)11-6-5-10(25-3)8-12(11)23/h4-6,8,23H,1,7H2,2-3H3,(H,21,26)(H,18,19,24). The van der Waals surface area contributed by atoms with Gasteiger partial charge in [0.05, 0.1) is 23.2 Å². The van der Waals surface area contributed by atoms with Crippen LogP contribution in [-0.2, 0) is 6.54 Å². The molecule has 0 aliphatic carbocycles. The Morgan fingerprint density at radius 3 is 3.00 bits per heavy atom. The summed E-state index contributed by atoms with van der Waals surface area (Å²) in [5.41, 5.74) is 0.827. The van der Waals surface area contributed by atoms with Gasteiger partial charge in [-0.3, -0.25) is 19.8 Å². The molecular weight excluding hydrogens is 386 g/mol. The highest BCUT2D eigenvalue weighted by molar-refractivity contribution is 7.71. The minimum absolute atomic E-state index is 0.125. The summed E-state index contributed by atoms with van der Waals surface area (Å²) < 4.78 is 7.29. The molecule has 3 rings (SSSR count). The van der Waals surface area contributed by atoms with Crippen LogP contribution < -0.4 is 10.1 Å². The highest BCUT2D eigenvalue weighted by atomic mass is 32.1. The Morgan fingerprint density at radius 2 is 2.33 bits per heavy atom. The summed E-state index contributed by atoms with van der Waals surface area (Å²) in [5, 5.41) is 20.1.